The van der Waals surface area contributed by atoms with E-state index in [-0.39, 0.29) is 23.7 Å². The molecule has 138 valence electrons. The van der Waals surface area contributed by atoms with Crippen molar-refractivity contribution in [1.82, 2.24) is 4.90 Å². The fourth-order valence-electron chi connectivity index (χ4n) is 3.05. The maximum atomic E-state index is 12.9. The number of aryl methyl sites for hydroxylation is 1. The lowest BCUT2D eigenvalue weighted by atomic mass is 10.1. The van der Waals surface area contributed by atoms with Crippen LogP contribution in [0.1, 0.15) is 46.2 Å². The summed E-state index contributed by atoms with van der Waals surface area (Å²) in [6, 6.07) is 8.60. The third-order valence-corrected chi connectivity index (χ3v) is 4.59. The maximum Gasteiger partial charge on any atom is 0.291 e. The van der Waals surface area contributed by atoms with Gasteiger partial charge in [-0.1, -0.05) is 6.07 Å². The molecule has 2 heterocycles. The van der Waals surface area contributed by atoms with Crippen LogP contribution < -0.4 is 5.32 Å². The van der Waals surface area contributed by atoms with E-state index in [1.165, 1.54) is 6.26 Å². The van der Waals surface area contributed by atoms with Crippen LogP contribution in [0.25, 0.3) is 0 Å². The third kappa shape index (κ3) is 4.14. The Kier molecular flexibility index (Phi) is 5.73. The zero-order valence-electron chi connectivity index (χ0n) is 15.2. The standard InChI is InChI=1S/C20H24N2O4/c1-3-22(13-16-6-4-10-25-16)20(24)15-9-8-14(2)17(12-15)21-19(23)18-7-5-11-26-18/h5,7-9,11-12,16H,3-4,6,10,13H2,1-2H3,(H,21,23). The number of nitrogens with one attached hydrogen (secondary N) is 1. The summed E-state index contributed by atoms with van der Waals surface area (Å²) in [6.45, 7) is 5.82. The van der Waals surface area contributed by atoms with E-state index >= 15 is 0 Å². The average molecular weight is 356 g/mol. The molecule has 3 rings (SSSR count). The number of hydrogen-bond donors (Lipinski definition) is 1. The topological polar surface area (TPSA) is 71.8 Å². The summed E-state index contributed by atoms with van der Waals surface area (Å²) in [5.41, 5.74) is 2.03. The van der Waals surface area contributed by atoms with E-state index in [1.54, 1.807) is 29.2 Å². The van der Waals surface area contributed by atoms with Crippen molar-refractivity contribution in [3.05, 3.63) is 53.5 Å². The predicted molar refractivity (Wildman–Crippen MR) is 98.4 cm³/mol. The minimum atomic E-state index is -0.339. The van der Waals surface area contributed by atoms with Crippen molar-refractivity contribution in [2.75, 3.05) is 25.0 Å². The van der Waals surface area contributed by atoms with Gasteiger partial charge in [0.1, 0.15) is 0 Å². The van der Waals surface area contributed by atoms with Crippen LogP contribution in [-0.2, 0) is 4.74 Å². The number of furan rings is 1. The van der Waals surface area contributed by atoms with Crippen LogP contribution in [0, 0.1) is 6.92 Å². The van der Waals surface area contributed by atoms with Gasteiger partial charge in [-0.25, -0.2) is 0 Å². The summed E-state index contributed by atoms with van der Waals surface area (Å²) in [7, 11) is 0. The fraction of sp³-hybridized carbons (Fsp3) is 0.400. The number of nitrogens with zero attached hydrogens (tertiary/aromatic N) is 1. The molecular weight excluding hydrogens is 332 g/mol. The third-order valence-electron chi connectivity index (χ3n) is 4.59. The molecule has 0 spiro atoms. The van der Waals surface area contributed by atoms with Crippen molar-refractivity contribution in [2.24, 2.45) is 0 Å². The number of likely N-dealkylation sites (N-methyl/N-ethyl adjacent to an activating group) is 1. The summed E-state index contributed by atoms with van der Waals surface area (Å²) in [5, 5.41) is 2.81. The molecule has 6 heteroatoms. The first-order chi connectivity index (χ1) is 12.6. The van der Waals surface area contributed by atoms with Crippen LogP contribution in [0.2, 0.25) is 0 Å². The molecule has 1 aromatic carbocycles. The van der Waals surface area contributed by atoms with Crippen molar-refractivity contribution in [3.8, 4) is 0 Å². The van der Waals surface area contributed by atoms with E-state index in [4.69, 9.17) is 9.15 Å². The molecule has 1 N–H and O–H groups in total. The van der Waals surface area contributed by atoms with Gasteiger partial charge in [-0.2, -0.15) is 0 Å². The molecule has 1 fully saturated rings. The van der Waals surface area contributed by atoms with Crippen molar-refractivity contribution in [1.29, 1.82) is 0 Å². The fourth-order valence-corrected chi connectivity index (χ4v) is 3.05. The maximum absolute atomic E-state index is 12.9. The first-order valence-corrected chi connectivity index (χ1v) is 8.95. The average Bonchev–Trinajstić information content (AvgIpc) is 3.34. The van der Waals surface area contributed by atoms with E-state index in [0.29, 0.717) is 24.3 Å². The summed E-state index contributed by atoms with van der Waals surface area (Å²) in [6.07, 6.45) is 3.60. The van der Waals surface area contributed by atoms with E-state index < -0.39 is 0 Å². The summed E-state index contributed by atoms with van der Waals surface area (Å²) in [5.74, 6) is -0.166. The van der Waals surface area contributed by atoms with Gasteiger partial charge in [0.05, 0.1) is 12.4 Å². The lowest BCUT2D eigenvalue weighted by Crippen LogP contribution is -2.37. The minimum Gasteiger partial charge on any atom is -0.459 e. The molecule has 0 bridgehead atoms. The number of rotatable bonds is 6. The number of ether oxygens (including phenoxy) is 1. The molecule has 0 aliphatic carbocycles. The molecule has 1 aromatic heterocycles. The summed E-state index contributed by atoms with van der Waals surface area (Å²) >= 11 is 0. The molecule has 1 unspecified atom stereocenters. The molecule has 1 atom stereocenters. The Balaban J connectivity index is 1.74. The lowest BCUT2D eigenvalue weighted by Gasteiger charge is -2.24. The second kappa shape index (κ2) is 8.19. The van der Waals surface area contributed by atoms with Gasteiger partial charge in [-0.15, -0.1) is 0 Å². The molecule has 1 aliphatic rings. The highest BCUT2D eigenvalue weighted by Crippen LogP contribution is 2.20. The minimum absolute atomic E-state index is 0.0588. The van der Waals surface area contributed by atoms with Crippen molar-refractivity contribution < 1.29 is 18.7 Å². The first-order valence-electron chi connectivity index (χ1n) is 8.95. The lowest BCUT2D eigenvalue weighted by molar-refractivity contribution is 0.0539. The molecule has 6 nitrogen and oxygen atoms in total. The van der Waals surface area contributed by atoms with E-state index in [1.807, 2.05) is 19.9 Å². The van der Waals surface area contributed by atoms with Gasteiger partial charge in [0, 0.05) is 30.9 Å². The number of benzene rings is 1. The molecule has 1 saturated heterocycles. The number of anilines is 1. The van der Waals surface area contributed by atoms with E-state index in [0.717, 1.165) is 25.0 Å². The molecule has 1 aliphatic heterocycles. The summed E-state index contributed by atoms with van der Waals surface area (Å²) < 4.78 is 10.8. The highest BCUT2D eigenvalue weighted by Gasteiger charge is 2.23. The Morgan fingerprint density at radius 2 is 2.15 bits per heavy atom. The second-order valence-electron chi connectivity index (χ2n) is 6.44. The predicted octanol–water partition coefficient (Wildman–Crippen LogP) is 3.48. The van der Waals surface area contributed by atoms with Crippen molar-refractivity contribution >= 4 is 17.5 Å². The second-order valence-corrected chi connectivity index (χ2v) is 6.44. The monoisotopic (exact) mass is 356 g/mol. The number of hydrogen-bond acceptors (Lipinski definition) is 4. The number of amides is 2. The van der Waals surface area contributed by atoms with Gasteiger partial charge in [0.2, 0.25) is 0 Å². The molecule has 2 amide bonds. The largest absolute Gasteiger partial charge is 0.459 e. The van der Waals surface area contributed by atoms with Gasteiger partial charge < -0.3 is 19.4 Å². The highest BCUT2D eigenvalue weighted by atomic mass is 16.5. The Labute approximate surface area is 153 Å². The van der Waals surface area contributed by atoms with Crippen LogP contribution in [0.5, 0.6) is 0 Å². The van der Waals surface area contributed by atoms with Crippen molar-refractivity contribution in [2.45, 2.75) is 32.8 Å². The molecule has 26 heavy (non-hydrogen) atoms. The molecular formula is C20H24N2O4. The highest BCUT2D eigenvalue weighted by molar-refractivity contribution is 6.03. The zero-order valence-corrected chi connectivity index (χ0v) is 15.2. The van der Waals surface area contributed by atoms with E-state index in [9.17, 15) is 9.59 Å². The van der Waals surface area contributed by atoms with Crippen LogP contribution in [-0.4, -0.2) is 42.5 Å². The quantitative estimate of drug-likeness (QED) is 0.860. The van der Waals surface area contributed by atoms with Crippen molar-refractivity contribution in [3.63, 3.8) is 0 Å². The zero-order chi connectivity index (χ0) is 18.5. The summed E-state index contributed by atoms with van der Waals surface area (Å²) in [4.78, 5) is 26.9. The molecule has 0 radical (unpaired) electrons. The normalized spacial score (nSPS) is 16.5. The number of carbonyl (C=O) groups excluding carboxylic acids is 2. The Morgan fingerprint density at radius 3 is 2.81 bits per heavy atom. The van der Waals surface area contributed by atoms with Gasteiger partial charge in [-0.3, -0.25) is 9.59 Å². The smallest absolute Gasteiger partial charge is 0.291 e. The Morgan fingerprint density at radius 1 is 1.31 bits per heavy atom. The molecule has 0 saturated carbocycles. The Hall–Kier alpha value is -2.60. The SMILES string of the molecule is CCN(CC1CCCO1)C(=O)c1ccc(C)c(NC(=O)c2ccco2)c1. The van der Waals surface area contributed by atoms with Crippen LogP contribution >= 0.6 is 0 Å². The molecule has 2 aromatic rings. The van der Waals surface area contributed by atoms with Gasteiger partial charge in [0.15, 0.2) is 5.76 Å². The van der Waals surface area contributed by atoms with Gasteiger partial charge in [-0.05, 0) is 56.5 Å². The van der Waals surface area contributed by atoms with Crippen LogP contribution in [0.4, 0.5) is 5.69 Å². The Bertz CT molecular complexity index is 764. The number of carbonyl (C=O) groups is 2. The van der Waals surface area contributed by atoms with Gasteiger partial charge in [0.25, 0.3) is 11.8 Å². The van der Waals surface area contributed by atoms with Crippen LogP contribution in [0.3, 0.4) is 0 Å². The van der Waals surface area contributed by atoms with Gasteiger partial charge >= 0.3 is 0 Å². The van der Waals surface area contributed by atoms with E-state index in [2.05, 4.69) is 5.32 Å². The van der Waals surface area contributed by atoms with Crippen LogP contribution in [0.15, 0.2) is 41.0 Å². The first kappa shape index (κ1) is 18.2.